The van der Waals surface area contributed by atoms with Gasteiger partial charge in [0.1, 0.15) is 18.2 Å². The number of amides is 1. The number of nitrogens with zero attached hydrogens (tertiary/aromatic N) is 1. The Morgan fingerprint density at radius 2 is 2.06 bits per heavy atom. The molecule has 18 heavy (non-hydrogen) atoms. The summed E-state index contributed by atoms with van der Waals surface area (Å²) in [6, 6.07) is 2.42. The maximum Gasteiger partial charge on any atom is 0.323 e. The minimum atomic E-state index is -1.25. The number of hydrogen-bond donors (Lipinski definition) is 1. The zero-order chi connectivity index (χ0) is 13.7. The molecule has 96 valence electrons. The third-order valence-electron chi connectivity index (χ3n) is 2.12. The Bertz CT molecular complexity index is 488. The molecule has 1 aromatic rings. The van der Waals surface area contributed by atoms with Crippen LogP contribution < -0.4 is 0 Å². The van der Waals surface area contributed by atoms with E-state index in [0.29, 0.717) is 0 Å². The van der Waals surface area contributed by atoms with E-state index in [0.717, 1.165) is 23.1 Å². The van der Waals surface area contributed by atoms with Gasteiger partial charge in [-0.2, -0.15) is 0 Å². The third kappa shape index (κ3) is 3.38. The topological polar surface area (TPSA) is 57.6 Å². The van der Waals surface area contributed by atoms with Gasteiger partial charge in [-0.1, -0.05) is 6.08 Å². The molecule has 0 aliphatic rings. The molecule has 0 bridgehead atoms. The van der Waals surface area contributed by atoms with Gasteiger partial charge in [0.05, 0.1) is 5.56 Å². The predicted octanol–water partition coefficient (Wildman–Crippen LogP) is 1.68. The summed E-state index contributed by atoms with van der Waals surface area (Å²) < 4.78 is 26.3. The van der Waals surface area contributed by atoms with Gasteiger partial charge in [-0.3, -0.25) is 9.59 Å². The SMILES string of the molecule is C=CCN(CC(=O)O)C(=O)c1cc(F)ccc1F. The van der Waals surface area contributed by atoms with Crippen LogP contribution in [0.2, 0.25) is 0 Å². The number of hydrogen-bond acceptors (Lipinski definition) is 2. The maximum atomic E-state index is 13.4. The molecule has 0 radical (unpaired) electrons. The highest BCUT2D eigenvalue weighted by molar-refractivity contribution is 5.96. The standard InChI is InChI=1S/C12H11F2NO3/c1-2-5-15(7-11(16)17)12(18)9-6-8(13)3-4-10(9)14/h2-4,6H,1,5,7H2,(H,16,17). The average Bonchev–Trinajstić information content (AvgIpc) is 2.30. The fourth-order valence-electron chi connectivity index (χ4n) is 1.37. The van der Waals surface area contributed by atoms with Gasteiger partial charge in [-0.05, 0) is 18.2 Å². The van der Waals surface area contributed by atoms with Crippen LogP contribution in [0.5, 0.6) is 0 Å². The van der Waals surface area contributed by atoms with E-state index < -0.39 is 35.6 Å². The number of benzene rings is 1. The van der Waals surface area contributed by atoms with Gasteiger partial charge in [-0.15, -0.1) is 6.58 Å². The summed E-state index contributed by atoms with van der Waals surface area (Å²) >= 11 is 0. The van der Waals surface area contributed by atoms with Crippen LogP contribution in [0, 0.1) is 11.6 Å². The molecule has 0 aliphatic heterocycles. The van der Waals surface area contributed by atoms with E-state index in [-0.39, 0.29) is 6.54 Å². The molecule has 6 heteroatoms. The lowest BCUT2D eigenvalue weighted by Crippen LogP contribution is -2.36. The smallest absolute Gasteiger partial charge is 0.323 e. The molecule has 0 aromatic heterocycles. The summed E-state index contributed by atoms with van der Waals surface area (Å²) in [5, 5.41) is 8.63. The van der Waals surface area contributed by atoms with Crippen LogP contribution in [-0.4, -0.2) is 35.0 Å². The molecule has 0 saturated carbocycles. The van der Waals surface area contributed by atoms with E-state index in [9.17, 15) is 18.4 Å². The molecule has 0 heterocycles. The largest absolute Gasteiger partial charge is 0.480 e. The monoisotopic (exact) mass is 255 g/mol. The van der Waals surface area contributed by atoms with Crippen LogP contribution in [0.15, 0.2) is 30.9 Å². The van der Waals surface area contributed by atoms with Crippen molar-refractivity contribution in [3.05, 3.63) is 48.1 Å². The van der Waals surface area contributed by atoms with Crippen molar-refractivity contribution in [2.45, 2.75) is 0 Å². The first kappa shape index (κ1) is 13.8. The van der Waals surface area contributed by atoms with E-state index in [2.05, 4.69) is 6.58 Å². The Hall–Kier alpha value is -2.24. The van der Waals surface area contributed by atoms with E-state index in [4.69, 9.17) is 5.11 Å². The number of carbonyl (C=O) groups is 2. The molecule has 0 unspecified atom stereocenters. The average molecular weight is 255 g/mol. The number of aliphatic carboxylic acids is 1. The summed E-state index contributed by atoms with van der Waals surface area (Å²) in [6.45, 7) is 2.69. The van der Waals surface area contributed by atoms with Crippen LogP contribution in [0.25, 0.3) is 0 Å². The van der Waals surface area contributed by atoms with Crippen molar-refractivity contribution >= 4 is 11.9 Å². The lowest BCUT2D eigenvalue weighted by molar-refractivity contribution is -0.137. The van der Waals surface area contributed by atoms with E-state index in [1.807, 2.05) is 0 Å². The summed E-state index contributed by atoms with van der Waals surface area (Å²) in [7, 11) is 0. The molecule has 0 atom stereocenters. The molecule has 0 aliphatic carbocycles. The van der Waals surface area contributed by atoms with Gasteiger partial charge in [0.25, 0.3) is 5.91 Å². The minimum absolute atomic E-state index is 0.0684. The van der Waals surface area contributed by atoms with Crippen LogP contribution in [0.1, 0.15) is 10.4 Å². The van der Waals surface area contributed by atoms with Crippen LogP contribution >= 0.6 is 0 Å². The molecular weight excluding hydrogens is 244 g/mol. The second-order valence-electron chi connectivity index (χ2n) is 3.49. The molecule has 1 rings (SSSR count). The highest BCUT2D eigenvalue weighted by atomic mass is 19.1. The van der Waals surface area contributed by atoms with Gasteiger partial charge in [0.15, 0.2) is 0 Å². The lowest BCUT2D eigenvalue weighted by Gasteiger charge is -2.19. The first-order valence-electron chi connectivity index (χ1n) is 5.02. The van der Waals surface area contributed by atoms with Gasteiger partial charge >= 0.3 is 5.97 Å². The number of rotatable bonds is 5. The second kappa shape index (κ2) is 5.90. The minimum Gasteiger partial charge on any atom is -0.480 e. The molecule has 1 amide bonds. The summed E-state index contributed by atoms with van der Waals surface area (Å²) in [5.41, 5.74) is -0.502. The Kier molecular flexibility index (Phi) is 4.53. The number of halogens is 2. The number of carbonyl (C=O) groups excluding carboxylic acids is 1. The molecular formula is C12H11F2NO3. The number of carboxylic acids is 1. The summed E-state index contributed by atoms with van der Waals surface area (Å²) in [6.07, 6.45) is 1.30. The zero-order valence-corrected chi connectivity index (χ0v) is 9.40. The normalized spacial score (nSPS) is 9.89. The summed E-state index contributed by atoms with van der Waals surface area (Å²) in [5.74, 6) is -3.81. The fraction of sp³-hybridized carbons (Fsp3) is 0.167. The predicted molar refractivity (Wildman–Crippen MR) is 60.1 cm³/mol. The number of carboxylic acid groups (broad SMARTS) is 1. The van der Waals surface area contributed by atoms with Crippen molar-refractivity contribution in [1.29, 1.82) is 0 Å². The molecule has 0 fully saturated rings. The quantitative estimate of drug-likeness (QED) is 0.814. The fourth-order valence-corrected chi connectivity index (χ4v) is 1.37. The third-order valence-corrected chi connectivity index (χ3v) is 2.12. The van der Waals surface area contributed by atoms with E-state index in [1.165, 1.54) is 6.08 Å². The molecule has 4 nitrogen and oxygen atoms in total. The van der Waals surface area contributed by atoms with Crippen molar-refractivity contribution in [3.8, 4) is 0 Å². The molecule has 1 N–H and O–H groups in total. The van der Waals surface area contributed by atoms with Gasteiger partial charge < -0.3 is 10.0 Å². The second-order valence-corrected chi connectivity index (χ2v) is 3.49. The van der Waals surface area contributed by atoms with Crippen LogP contribution in [0.3, 0.4) is 0 Å². The highest BCUT2D eigenvalue weighted by Crippen LogP contribution is 2.12. The van der Waals surface area contributed by atoms with E-state index in [1.54, 1.807) is 0 Å². The van der Waals surface area contributed by atoms with Gasteiger partial charge in [-0.25, -0.2) is 8.78 Å². The lowest BCUT2D eigenvalue weighted by atomic mass is 10.1. The summed E-state index contributed by atoms with van der Waals surface area (Å²) in [4.78, 5) is 23.3. The molecule has 0 saturated heterocycles. The van der Waals surface area contributed by atoms with Crippen molar-refractivity contribution in [2.24, 2.45) is 0 Å². The van der Waals surface area contributed by atoms with Gasteiger partial charge in [0, 0.05) is 6.54 Å². The first-order chi connectivity index (χ1) is 8.45. The van der Waals surface area contributed by atoms with Crippen molar-refractivity contribution in [1.82, 2.24) is 4.90 Å². The van der Waals surface area contributed by atoms with Gasteiger partial charge in [0.2, 0.25) is 0 Å². The highest BCUT2D eigenvalue weighted by Gasteiger charge is 2.20. The Morgan fingerprint density at radius 1 is 1.39 bits per heavy atom. The Balaban J connectivity index is 3.04. The zero-order valence-electron chi connectivity index (χ0n) is 9.40. The van der Waals surface area contributed by atoms with Crippen LogP contribution in [0.4, 0.5) is 8.78 Å². The van der Waals surface area contributed by atoms with E-state index >= 15 is 0 Å². The van der Waals surface area contributed by atoms with Crippen LogP contribution in [-0.2, 0) is 4.79 Å². The Morgan fingerprint density at radius 3 is 2.61 bits per heavy atom. The van der Waals surface area contributed by atoms with Crippen molar-refractivity contribution in [2.75, 3.05) is 13.1 Å². The first-order valence-corrected chi connectivity index (χ1v) is 5.02. The maximum absolute atomic E-state index is 13.4. The van der Waals surface area contributed by atoms with Crippen molar-refractivity contribution in [3.63, 3.8) is 0 Å². The molecule has 0 spiro atoms. The molecule has 1 aromatic carbocycles. The Labute approximate surface area is 102 Å². The van der Waals surface area contributed by atoms with Crippen molar-refractivity contribution < 1.29 is 23.5 Å².